The van der Waals surface area contributed by atoms with Gasteiger partial charge in [0.15, 0.2) is 5.16 Å². The molecule has 2 saturated carbocycles. The molecule has 2 aromatic heterocycles. The summed E-state index contributed by atoms with van der Waals surface area (Å²) in [6.45, 7) is 3.98. The summed E-state index contributed by atoms with van der Waals surface area (Å²) < 4.78 is 1.57. The van der Waals surface area contributed by atoms with Crippen molar-refractivity contribution in [1.29, 1.82) is 0 Å². The van der Waals surface area contributed by atoms with E-state index in [1.165, 1.54) is 37.4 Å². The number of hydrogen-bond acceptors (Lipinski definition) is 5. The van der Waals surface area contributed by atoms with Gasteiger partial charge >= 0.3 is 0 Å². The summed E-state index contributed by atoms with van der Waals surface area (Å²) in [4.78, 5) is 31.5. The number of fused-ring (bicyclic) bond motifs is 1. The molecule has 7 heteroatoms. The molecule has 4 rings (SSSR count). The van der Waals surface area contributed by atoms with Crippen LogP contribution in [0.2, 0.25) is 0 Å². The highest BCUT2D eigenvalue weighted by atomic mass is 32.2. The lowest BCUT2D eigenvalue weighted by Crippen LogP contribution is -2.39. The maximum absolute atomic E-state index is 12.6. The second-order valence-corrected chi connectivity index (χ2v) is 9.42. The molecule has 0 atom stereocenters. The van der Waals surface area contributed by atoms with Crippen LogP contribution in [0.4, 0.5) is 0 Å². The maximum atomic E-state index is 12.6. The Kier molecular flexibility index (Phi) is 4.40. The molecule has 0 saturated heterocycles. The van der Waals surface area contributed by atoms with E-state index in [4.69, 9.17) is 0 Å². The molecular formula is C18H23N3O2S2. The Morgan fingerprint density at radius 1 is 1.32 bits per heavy atom. The fraction of sp³-hybridized carbons (Fsp3) is 0.611. The Balaban J connectivity index is 1.48. The van der Waals surface area contributed by atoms with Crippen LogP contribution in [0.3, 0.4) is 0 Å². The summed E-state index contributed by atoms with van der Waals surface area (Å²) in [5, 5.41) is 4.55. The van der Waals surface area contributed by atoms with E-state index in [1.54, 1.807) is 23.0 Å². The Morgan fingerprint density at radius 3 is 2.56 bits per heavy atom. The second-order valence-electron chi connectivity index (χ2n) is 7.28. The normalized spacial score (nSPS) is 17.4. The van der Waals surface area contributed by atoms with Crippen LogP contribution in [0.25, 0.3) is 10.2 Å². The molecule has 0 bridgehead atoms. The topological polar surface area (TPSA) is 64.0 Å². The van der Waals surface area contributed by atoms with Gasteiger partial charge < -0.3 is 5.32 Å². The fourth-order valence-corrected chi connectivity index (χ4v) is 5.23. The van der Waals surface area contributed by atoms with Gasteiger partial charge in [-0.15, -0.1) is 11.3 Å². The number of aromatic nitrogens is 2. The van der Waals surface area contributed by atoms with Crippen molar-refractivity contribution in [3.8, 4) is 0 Å². The van der Waals surface area contributed by atoms with E-state index in [0.717, 1.165) is 15.3 Å². The van der Waals surface area contributed by atoms with E-state index in [0.29, 0.717) is 34.2 Å². The Hall–Kier alpha value is -1.34. The van der Waals surface area contributed by atoms with E-state index in [1.807, 2.05) is 13.8 Å². The van der Waals surface area contributed by atoms with Gasteiger partial charge in [0.2, 0.25) is 5.91 Å². The molecule has 1 N–H and O–H groups in total. The smallest absolute Gasteiger partial charge is 0.262 e. The average molecular weight is 378 g/mol. The molecule has 0 aromatic carbocycles. The fourth-order valence-electron chi connectivity index (χ4n) is 3.37. The third-order valence-electron chi connectivity index (χ3n) is 5.29. The minimum absolute atomic E-state index is 0.0244. The maximum Gasteiger partial charge on any atom is 0.262 e. The van der Waals surface area contributed by atoms with Crippen LogP contribution in [0.1, 0.15) is 36.1 Å². The van der Waals surface area contributed by atoms with Gasteiger partial charge in [-0.2, -0.15) is 0 Å². The number of thioether (sulfide) groups is 1. The zero-order valence-electron chi connectivity index (χ0n) is 14.8. The van der Waals surface area contributed by atoms with Crippen LogP contribution >= 0.6 is 23.1 Å². The molecule has 2 aliphatic rings. The summed E-state index contributed by atoms with van der Waals surface area (Å²) >= 11 is 2.90. The van der Waals surface area contributed by atoms with Crippen LogP contribution in [0, 0.1) is 25.7 Å². The molecule has 0 unspecified atom stereocenters. The molecule has 134 valence electrons. The minimum atomic E-state index is -0.0244. The van der Waals surface area contributed by atoms with Crippen molar-refractivity contribution in [2.45, 2.75) is 50.7 Å². The van der Waals surface area contributed by atoms with Crippen molar-refractivity contribution in [3.63, 3.8) is 0 Å². The number of thiophene rings is 1. The highest BCUT2D eigenvalue weighted by Crippen LogP contribution is 2.44. The van der Waals surface area contributed by atoms with Gasteiger partial charge in [-0.05, 0) is 56.9 Å². The molecule has 0 radical (unpaired) electrons. The first-order valence-corrected chi connectivity index (χ1v) is 10.6. The van der Waals surface area contributed by atoms with Crippen molar-refractivity contribution >= 4 is 39.2 Å². The average Bonchev–Trinajstić information content (AvgIpc) is 3.46. The molecule has 5 nitrogen and oxygen atoms in total. The number of nitrogens with zero attached hydrogens (tertiary/aromatic N) is 2. The van der Waals surface area contributed by atoms with Crippen LogP contribution in [0.15, 0.2) is 9.95 Å². The zero-order valence-corrected chi connectivity index (χ0v) is 16.4. The van der Waals surface area contributed by atoms with E-state index in [9.17, 15) is 9.59 Å². The molecule has 2 heterocycles. The standard InChI is InChI=1S/C18H23N3O2S2/c1-9-10(2)25-16-14(9)17(23)21(3)18(20-16)24-8-13(22)19-15(11-4-5-11)12-6-7-12/h11-12,15H,4-8H2,1-3H3,(H,19,22). The lowest BCUT2D eigenvalue weighted by atomic mass is 10.1. The van der Waals surface area contributed by atoms with E-state index in [2.05, 4.69) is 10.3 Å². The molecular weight excluding hydrogens is 354 g/mol. The summed E-state index contributed by atoms with van der Waals surface area (Å²) in [6, 6.07) is 0.370. The van der Waals surface area contributed by atoms with Crippen molar-refractivity contribution in [1.82, 2.24) is 14.9 Å². The quantitative estimate of drug-likeness (QED) is 0.621. The number of amides is 1. The third kappa shape index (κ3) is 3.36. The SMILES string of the molecule is Cc1sc2nc(SCC(=O)NC(C3CC3)C3CC3)n(C)c(=O)c2c1C. The molecule has 1 amide bonds. The van der Waals surface area contributed by atoms with E-state index in [-0.39, 0.29) is 11.5 Å². The number of nitrogens with one attached hydrogen (secondary N) is 1. The van der Waals surface area contributed by atoms with Crippen molar-refractivity contribution in [2.75, 3.05) is 5.75 Å². The first-order chi connectivity index (χ1) is 12.0. The summed E-state index contributed by atoms with van der Waals surface area (Å²) in [7, 11) is 1.73. The monoisotopic (exact) mass is 377 g/mol. The predicted octanol–water partition coefficient (Wildman–Crippen LogP) is 3.01. The lowest BCUT2D eigenvalue weighted by Gasteiger charge is -2.17. The Labute approximate surface area is 155 Å². The highest BCUT2D eigenvalue weighted by molar-refractivity contribution is 7.99. The minimum Gasteiger partial charge on any atom is -0.352 e. The molecule has 25 heavy (non-hydrogen) atoms. The predicted molar refractivity (Wildman–Crippen MR) is 102 cm³/mol. The number of carbonyl (C=O) groups is 1. The number of hydrogen-bond donors (Lipinski definition) is 1. The summed E-state index contributed by atoms with van der Waals surface area (Å²) in [5.41, 5.74) is 0.989. The Morgan fingerprint density at radius 2 is 1.96 bits per heavy atom. The van der Waals surface area contributed by atoms with Crippen molar-refractivity contribution in [3.05, 3.63) is 20.8 Å². The first kappa shape index (κ1) is 17.1. The van der Waals surface area contributed by atoms with Gasteiger partial charge in [0.1, 0.15) is 4.83 Å². The molecule has 2 fully saturated rings. The van der Waals surface area contributed by atoms with Gasteiger partial charge in [-0.1, -0.05) is 11.8 Å². The summed E-state index contributed by atoms with van der Waals surface area (Å²) in [5.74, 6) is 1.75. The van der Waals surface area contributed by atoms with Crippen LogP contribution in [-0.2, 0) is 11.8 Å². The summed E-state index contributed by atoms with van der Waals surface area (Å²) in [6.07, 6.45) is 4.99. The first-order valence-electron chi connectivity index (χ1n) is 8.84. The van der Waals surface area contributed by atoms with Gasteiger partial charge in [-0.3, -0.25) is 14.2 Å². The zero-order chi connectivity index (χ0) is 17.7. The van der Waals surface area contributed by atoms with Crippen molar-refractivity contribution in [2.24, 2.45) is 18.9 Å². The molecule has 2 aliphatic carbocycles. The second kappa shape index (κ2) is 6.43. The number of rotatable bonds is 6. The van der Waals surface area contributed by atoms with Gasteiger partial charge in [0.25, 0.3) is 5.56 Å². The third-order valence-corrected chi connectivity index (χ3v) is 7.42. The van der Waals surface area contributed by atoms with E-state index < -0.39 is 0 Å². The molecule has 0 aliphatic heterocycles. The van der Waals surface area contributed by atoms with E-state index >= 15 is 0 Å². The number of aryl methyl sites for hydroxylation is 2. The van der Waals surface area contributed by atoms with Crippen molar-refractivity contribution < 1.29 is 4.79 Å². The van der Waals surface area contributed by atoms with Crippen LogP contribution < -0.4 is 10.9 Å². The van der Waals surface area contributed by atoms with Gasteiger partial charge in [-0.25, -0.2) is 4.98 Å². The highest BCUT2D eigenvalue weighted by Gasteiger charge is 2.42. The van der Waals surface area contributed by atoms with Crippen LogP contribution in [0.5, 0.6) is 0 Å². The number of carbonyl (C=O) groups excluding carboxylic acids is 1. The molecule has 0 spiro atoms. The molecule has 2 aromatic rings. The van der Waals surface area contributed by atoms with Gasteiger partial charge in [0, 0.05) is 18.0 Å². The van der Waals surface area contributed by atoms with Gasteiger partial charge in [0.05, 0.1) is 11.1 Å². The largest absolute Gasteiger partial charge is 0.352 e. The lowest BCUT2D eigenvalue weighted by molar-refractivity contribution is -0.119. The Bertz CT molecular complexity index is 882. The van der Waals surface area contributed by atoms with Crippen LogP contribution in [-0.4, -0.2) is 27.3 Å².